The molecule has 1 aliphatic rings. The number of rotatable bonds is 4. The summed E-state index contributed by atoms with van der Waals surface area (Å²) in [5.74, 6) is 0.665. The number of aromatic nitrogens is 3. The molecule has 1 fully saturated rings. The van der Waals surface area contributed by atoms with Crippen LogP contribution in [0.15, 0.2) is 36.8 Å². The van der Waals surface area contributed by atoms with Gasteiger partial charge in [0.1, 0.15) is 6.61 Å². The molecule has 5 heteroatoms. The molecule has 1 atom stereocenters. The second-order valence-corrected chi connectivity index (χ2v) is 5.83. The van der Waals surface area contributed by atoms with E-state index >= 15 is 0 Å². The maximum absolute atomic E-state index is 11.9. The van der Waals surface area contributed by atoms with E-state index in [1.807, 2.05) is 24.4 Å². The molecule has 0 saturated heterocycles. The van der Waals surface area contributed by atoms with Gasteiger partial charge in [-0.1, -0.05) is 13.8 Å². The maximum Gasteiger partial charge on any atom is 0.309 e. The molecule has 1 unspecified atom stereocenters. The van der Waals surface area contributed by atoms with E-state index in [-0.39, 0.29) is 23.9 Å². The van der Waals surface area contributed by atoms with Crippen molar-refractivity contribution in [1.82, 2.24) is 14.8 Å². The highest BCUT2D eigenvalue weighted by atomic mass is 16.5. The summed E-state index contributed by atoms with van der Waals surface area (Å²) in [5.41, 5.74) is 1.02. The molecule has 1 aliphatic carbocycles. The highest BCUT2D eigenvalue weighted by molar-refractivity contribution is 5.76. The number of hydrogen-bond acceptors (Lipinski definition) is 4. The highest BCUT2D eigenvalue weighted by Crippen LogP contribution is 2.52. The van der Waals surface area contributed by atoms with Crippen molar-refractivity contribution in [2.75, 3.05) is 0 Å². The number of carbonyl (C=O) groups excluding carboxylic acids is 1. The zero-order valence-electron chi connectivity index (χ0n) is 11.6. The van der Waals surface area contributed by atoms with Crippen LogP contribution in [0.1, 0.15) is 25.8 Å². The molecule has 0 aromatic carbocycles. The molecule has 2 aromatic heterocycles. The lowest BCUT2D eigenvalue weighted by Gasteiger charge is -2.07. The second-order valence-electron chi connectivity index (χ2n) is 5.83. The Bertz CT molecular complexity index is 620. The molecule has 5 nitrogen and oxygen atoms in total. The van der Waals surface area contributed by atoms with Gasteiger partial charge in [0.2, 0.25) is 0 Å². The number of pyridine rings is 1. The van der Waals surface area contributed by atoms with Gasteiger partial charge in [-0.2, -0.15) is 5.10 Å². The van der Waals surface area contributed by atoms with Crippen LogP contribution >= 0.6 is 0 Å². The zero-order chi connectivity index (χ0) is 14.2. The summed E-state index contributed by atoms with van der Waals surface area (Å²) in [5, 5.41) is 4.13. The van der Waals surface area contributed by atoms with Crippen LogP contribution < -0.4 is 0 Å². The first-order chi connectivity index (χ1) is 9.56. The standard InChI is InChI=1S/C15H17N3O2/c1-15(2)9-12(15)14(19)20-10-11-4-6-16-13(8-11)18-7-3-5-17-18/h3-8,12H,9-10H2,1-2H3. The van der Waals surface area contributed by atoms with Crippen molar-refractivity contribution >= 4 is 5.97 Å². The van der Waals surface area contributed by atoms with Gasteiger partial charge in [-0.05, 0) is 35.6 Å². The summed E-state index contributed by atoms with van der Waals surface area (Å²) in [6.07, 6.45) is 6.14. The summed E-state index contributed by atoms with van der Waals surface area (Å²) in [7, 11) is 0. The molecular weight excluding hydrogens is 254 g/mol. The Hall–Kier alpha value is -2.17. The third-order valence-electron chi connectivity index (χ3n) is 3.73. The number of esters is 1. The van der Waals surface area contributed by atoms with Crippen LogP contribution in [0.25, 0.3) is 5.82 Å². The molecule has 0 spiro atoms. The van der Waals surface area contributed by atoms with Crippen LogP contribution in [-0.2, 0) is 16.1 Å². The Labute approximate surface area is 117 Å². The van der Waals surface area contributed by atoms with E-state index in [9.17, 15) is 4.79 Å². The van der Waals surface area contributed by atoms with Crippen molar-refractivity contribution in [2.45, 2.75) is 26.9 Å². The highest BCUT2D eigenvalue weighted by Gasteiger charge is 2.51. The fourth-order valence-electron chi connectivity index (χ4n) is 2.20. The van der Waals surface area contributed by atoms with E-state index in [4.69, 9.17) is 4.74 Å². The summed E-state index contributed by atoms with van der Waals surface area (Å²) >= 11 is 0. The molecule has 2 heterocycles. The molecule has 0 amide bonds. The minimum atomic E-state index is -0.104. The number of hydrogen-bond donors (Lipinski definition) is 0. The van der Waals surface area contributed by atoms with Gasteiger partial charge in [-0.25, -0.2) is 9.67 Å². The van der Waals surface area contributed by atoms with Crippen molar-refractivity contribution in [2.24, 2.45) is 11.3 Å². The van der Waals surface area contributed by atoms with Gasteiger partial charge in [0.15, 0.2) is 5.82 Å². The van der Waals surface area contributed by atoms with Gasteiger partial charge >= 0.3 is 5.97 Å². The molecule has 104 valence electrons. The Morgan fingerprint density at radius 3 is 2.95 bits per heavy atom. The Kier molecular flexibility index (Phi) is 3.04. The SMILES string of the molecule is CC1(C)CC1C(=O)OCc1ccnc(-n2cccn2)c1. The van der Waals surface area contributed by atoms with Gasteiger partial charge in [0.05, 0.1) is 5.92 Å². The van der Waals surface area contributed by atoms with Crippen LogP contribution in [0.4, 0.5) is 0 Å². The topological polar surface area (TPSA) is 57.0 Å². The van der Waals surface area contributed by atoms with E-state index in [1.54, 1.807) is 17.1 Å². The summed E-state index contributed by atoms with van der Waals surface area (Å²) in [6, 6.07) is 5.56. The Balaban J connectivity index is 1.64. The average Bonchev–Trinajstić information content (AvgIpc) is 2.87. The van der Waals surface area contributed by atoms with Crippen LogP contribution in [0, 0.1) is 11.3 Å². The third kappa shape index (κ3) is 2.57. The summed E-state index contributed by atoms with van der Waals surface area (Å²) in [4.78, 5) is 16.1. The predicted octanol–water partition coefficient (Wildman–Crippen LogP) is 2.36. The molecule has 0 bridgehead atoms. The van der Waals surface area contributed by atoms with Gasteiger partial charge in [-0.15, -0.1) is 0 Å². The maximum atomic E-state index is 11.9. The number of nitrogens with zero attached hydrogens (tertiary/aromatic N) is 3. The lowest BCUT2D eigenvalue weighted by Crippen LogP contribution is -2.10. The molecule has 0 N–H and O–H groups in total. The smallest absolute Gasteiger partial charge is 0.309 e. The normalized spacial score (nSPS) is 19.6. The lowest BCUT2D eigenvalue weighted by molar-refractivity contribution is -0.147. The van der Waals surface area contributed by atoms with Crippen LogP contribution in [0.3, 0.4) is 0 Å². The third-order valence-corrected chi connectivity index (χ3v) is 3.73. The van der Waals surface area contributed by atoms with Crippen molar-refractivity contribution in [3.05, 3.63) is 42.4 Å². The molecular formula is C15H17N3O2. The number of carbonyl (C=O) groups is 1. The van der Waals surface area contributed by atoms with Gasteiger partial charge in [0, 0.05) is 18.6 Å². The molecule has 2 aromatic rings. The Morgan fingerprint density at radius 1 is 1.50 bits per heavy atom. The molecule has 20 heavy (non-hydrogen) atoms. The lowest BCUT2D eigenvalue weighted by atomic mass is 10.1. The van der Waals surface area contributed by atoms with E-state index < -0.39 is 0 Å². The first kappa shape index (κ1) is 12.8. The first-order valence-electron chi connectivity index (χ1n) is 6.68. The minimum absolute atomic E-state index is 0.0509. The van der Waals surface area contributed by atoms with E-state index in [0.717, 1.165) is 17.8 Å². The van der Waals surface area contributed by atoms with Gasteiger partial charge in [0.25, 0.3) is 0 Å². The van der Waals surface area contributed by atoms with Gasteiger partial charge < -0.3 is 4.74 Å². The van der Waals surface area contributed by atoms with Crippen molar-refractivity contribution in [3.63, 3.8) is 0 Å². The minimum Gasteiger partial charge on any atom is -0.461 e. The van der Waals surface area contributed by atoms with Crippen LogP contribution in [0.2, 0.25) is 0 Å². The summed E-state index contributed by atoms with van der Waals surface area (Å²) in [6.45, 7) is 4.45. The van der Waals surface area contributed by atoms with Crippen molar-refractivity contribution in [3.8, 4) is 5.82 Å². The molecule has 1 saturated carbocycles. The van der Waals surface area contributed by atoms with E-state index in [1.165, 1.54) is 0 Å². The fourth-order valence-corrected chi connectivity index (χ4v) is 2.20. The van der Waals surface area contributed by atoms with E-state index in [2.05, 4.69) is 23.9 Å². The van der Waals surface area contributed by atoms with Crippen LogP contribution in [-0.4, -0.2) is 20.7 Å². The second kappa shape index (κ2) is 4.74. The molecule has 0 aliphatic heterocycles. The van der Waals surface area contributed by atoms with Gasteiger partial charge in [-0.3, -0.25) is 4.79 Å². The van der Waals surface area contributed by atoms with Crippen molar-refractivity contribution in [1.29, 1.82) is 0 Å². The first-order valence-corrected chi connectivity index (χ1v) is 6.68. The van der Waals surface area contributed by atoms with Crippen LogP contribution in [0.5, 0.6) is 0 Å². The predicted molar refractivity (Wildman–Crippen MR) is 73.0 cm³/mol. The largest absolute Gasteiger partial charge is 0.461 e. The molecule has 3 rings (SSSR count). The summed E-state index contributed by atoms with van der Waals surface area (Å²) < 4.78 is 7.04. The monoisotopic (exact) mass is 271 g/mol. The number of ether oxygens (including phenoxy) is 1. The zero-order valence-corrected chi connectivity index (χ0v) is 11.6. The average molecular weight is 271 g/mol. The van der Waals surface area contributed by atoms with E-state index in [0.29, 0.717) is 0 Å². The quantitative estimate of drug-likeness (QED) is 0.801. The Morgan fingerprint density at radius 2 is 2.30 bits per heavy atom. The molecule has 0 radical (unpaired) electrons. The fraction of sp³-hybridized carbons (Fsp3) is 0.400. The van der Waals surface area contributed by atoms with Crippen molar-refractivity contribution < 1.29 is 9.53 Å².